The lowest BCUT2D eigenvalue weighted by Crippen LogP contribution is -2.55. The fourth-order valence-corrected chi connectivity index (χ4v) is 3.02. The first-order valence-corrected chi connectivity index (χ1v) is 7.79. The molecule has 0 radical (unpaired) electrons. The third-order valence-corrected chi connectivity index (χ3v) is 4.39. The van der Waals surface area contributed by atoms with Crippen LogP contribution < -0.4 is 10.6 Å². The van der Waals surface area contributed by atoms with Gasteiger partial charge < -0.3 is 10.6 Å². The molecule has 1 heterocycles. The van der Waals surface area contributed by atoms with Gasteiger partial charge in [0.25, 0.3) is 0 Å². The summed E-state index contributed by atoms with van der Waals surface area (Å²) >= 11 is 0. The molecule has 1 aromatic carbocycles. The quantitative estimate of drug-likeness (QED) is 0.846. The number of hydrogen-bond donors (Lipinski definition) is 2. The van der Waals surface area contributed by atoms with Crippen LogP contribution in [0.25, 0.3) is 0 Å². The molecule has 0 aliphatic carbocycles. The monoisotopic (exact) mass is 304 g/mol. The number of hydrogen-bond acceptors (Lipinski definition) is 2. The molecule has 1 amide bonds. The highest BCUT2D eigenvalue weighted by Crippen LogP contribution is 2.35. The molecule has 1 aliphatic heterocycles. The minimum absolute atomic E-state index is 0.0379. The van der Waals surface area contributed by atoms with Crippen LogP contribution in [-0.4, -0.2) is 19.0 Å². The van der Waals surface area contributed by atoms with Crippen molar-refractivity contribution in [2.45, 2.75) is 39.7 Å². The van der Waals surface area contributed by atoms with Crippen molar-refractivity contribution in [3.05, 3.63) is 47.3 Å². The Morgan fingerprint density at radius 1 is 1.36 bits per heavy atom. The zero-order chi connectivity index (χ0) is 16.3. The van der Waals surface area contributed by atoms with E-state index in [1.165, 1.54) is 11.1 Å². The number of aryl methyl sites for hydroxylation is 2. The van der Waals surface area contributed by atoms with Crippen molar-refractivity contribution in [2.24, 2.45) is 5.41 Å². The third-order valence-electron chi connectivity index (χ3n) is 4.39. The Labute approximate surface area is 132 Å². The maximum Gasteiger partial charge on any atom is 0.221 e. The molecule has 3 nitrogen and oxygen atoms in total. The molecule has 0 spiro atoms. The average molecular weight is 304 g/mol. The Hall–Kier alpha value is -1.68. The van der Waals surface area contributed by atoms with Gasteiger partial charge in [-0.3, -0.25) is 4.79 Å². The molecule has 1 fully saturated rings. The topological polar surface area (TPSA) is 41.1 Å². The number of nitrogens with one attached hydrogen (secondary N) is 2. The Kier molecular flexibility index (Phi) is 5.01. The first-order chi connectivity index (χ1) is 10.4. The van der Waals surface area contributed by atoms with E-state index in [0.29, 0.717) is 13.1 Å². The van der Waals surface area contributed by atoms with Gasteiger partial charge in [-0.2, -0.15) is 0 Å². The number of halogens is 1. The van der Waals surface area contributed by atoms with Crippen molar-refractivity contribution in [1.29, 1.82) is 0 Å². The zero-order valence-corrected chi connectivity index (χ0v) is 13.6. The second-order valence-electron chi connectivity index (χ2n) is 6.41. The molecule has 1 unspecified atom stereocenters. The van der Waals surface area contributed by atoms with E-state index < -0.39 is 11.2 Å². The van der Waals surface area contributed by atoms with Gasteiger partial charge in [0.1, 0.15) is 5.83 Å². The molecule has 0 bridgehead atoms. The van der Waals surface area contributed by atoms with E-state index in [-0.39, 0.29) is 18.4 Å². The summed E-state index contributed by atoms with van der Waals surface area (Å²) in [6.07, 6.45) is 0.951. The summed E-state index contributed by atoms with van der Waals surface area (Å²) in [5, 5.41) is 6.06. The molecule has 22 heavy (non-hydrogen) atoms. The van der Waals surface area contributed by atoms with Gasteiger partial charge in [0.2, 0.25) is 5.91 Å². The summed E-state index contributed by atoms with van der Waals surface area (Å²) in [5.41, 5.74) is 2.75. The highest BCUT2D eigenvalue weighted by Gasteiger charge is 2.42. The molecule has 4 heteroatoms. The van der Waals surface area contributed by atoms with E-state index in [2.05, 4.69) is 35.4 Å². The van der Waals surface area contributed by atoms with Gasteiger partial charge in [0, 0.05) is 19.5 Å². The highest BCUT2D eigenvalue weighted by atomic mass is 19.1. The summed E-state index contributed by atoms with van der Waals surface area (Å²) in [4.78, 5) is 12.3. The van der Waals surface area contributed by atoms with E-state index in [0.717, 1.165) is 12.0 Å². The Morgan fingerprint density at radius 2 is 1.95 bits per heavy atom. The molecule has 1 atom stereocenters. The van der Waals surface area contributed by atoms with Crippen molar-refractivity contribution in [1.82, 2.24) is 10.6 Å². The van der Waals surface area contributed by atoms with E-state index in [9.17, 15) is 9.18 Å². The third kappa shape index (κ3) is 3.55. The molecule has 1 saturated heterocycles. The summed E-state index contributed by atoms with van der Waals surface area (Å²) in [7, 11) is 0. The minimum Gasteiger partial charge on any atom is -0.349 e. The van der Waals surface area contributed by atoms with Gasteiger partial charge in [-0.1, -0.05) is 42.8 Å². The van der Waals surface area contributed by atoms with Crippen molar-refractivity contribution < 1.29 is 9.18 Å². The maximum atomic E-state index is 13.6. The molecule has 1 aliphatic rings. The van der Waals surface area contributed by atoms with Crippen LogP contribution in [0.2, 0.25) is 0 Å². The van der Waals surface area contributed by atoms with Gasteiger partial charge in [-0.25, -0.2) is 4.39 Å². The second kappa shape index (κ2) is 6.61. The molecular formula is C18H25FN2O. The average Bonchev–Trinajstić information content (AvgIpc) is 2.38. The van der Waals surface area contributed by atoms with Crippen molar-refractivity contribution in [3.63, 3.8) is 0 Å². The molecule has 120 valence electrons. The van der Waals surface area contributed by atoms with Crippen LogP contribution in [0.1, 0.15) is 42.5 Å². The van der Waals surface area contributed by atoms with Crippen molar-refractivity contribution >= 4 is 5.91 Å². The summed E-state index contributed by atoms with van der Waals surface area (Å²) in [6, 6.07) is 6.26. The largest absolute Gasteiger partial charge is 0.349 e. The van der Waals surface area contributed by atoms with Gasteiger partial charge in [-0.15, -0.1) is 0 Å². The van der Waals surface area contributed by atoms with Crippen LogP contribution in [0.3, 0.4) is 0 Å². The molecule has 2 rings (SSSR count). The van der Waals surface area contributed by atoms with Gasteiger partial charge >= 0.3 is 0 Å². The smallest absolute Gasteiger partial charge is 0.221 e. The predicted molar refractivity (Wildman–Crippen MR) is 87.3 cm³/mol. The number of benzene rings is 1. The van der Waals surface area contributed by atoms with Gasteiger partial charge in [0.05, 0.1) is 11.5 Å². The minimum atomic E-state index is -0.717. The number of carbonyl (C=O) groups is 1. The zero-order valence-electron chi connectivity index (χ0n) is 13.6. The first-order valence-electron chi connectivity index (χ1n) is 7.79. The number of carbonyl (C=O) groups excluding carboxylic acids is 1. The number of rotatable bonds is 6. The van der Waals surface area contributed by atoms with Crippen LogP contribution in [0.15, 0.2) is 30.6 Å². The molecular weight excluding hydrogens is 279 g/mol. The Balaban J connectivity index is 2.06. The SMILES string of the molecule is C=C(F)C1(CC(=O)NC(CC)c2cc(C)cc(C)c2)CNC1. The van der Waals surface area contributed by atoms with E-state index in [1.54, 1.807) is 0 Å². The normalized spacial score (nSPS) is 17.5. The lowest BCUT2D eigenvalue weighted by molar-refractivity contribution is -0.124. The van der Waals surface area contributed by atoms with Crippen LogP contribution in [0, 0.1) is 19.3 Å². The highest BCUT2D eigenvalue weighted by molar-refractivity contribution is 5.78. The van der Waals surface area contributed by atoms with Crippen LogP contribution >= 0.6 is 0 Å². The Bertz CT molecular complexity index is 558. The van der Waals surface area contributed by atoms with Crippen LogP contribution in [0.4, 0.5) is 4.39 Å². The van der Waals surface area contributed by atoms with Crippen molar-refractivity contribution in [3.8, 4) is 0 Å². The molecule has 0 saturated carbocycles. The van der Waals surface area contributed by atoms with E-state index in [1.807, 2.05) is 20.8 Å². The molecule has 1 aromatic rings. The summed E-state index contributed by atoms with van der Waals surface area (Å²) in [6.45, 7) is 10.5. The van der Waals surface area contributed by atoms with Crippen molar-refractivity contribution in [2.75, 3.05) is 13.1 Å². The second-order valence-corrected chi connectivity index (χ2v) is 6.41. The Morgan fingerprint density at radius 3 is 2.36 bits per heavy atom. The van der Waals surface area contributed by atoms with Crippen LogP contribution in [-0.2, 0) is 4.79 Å². The summed E-state index contributed by atoms with van der Waals surface area (Å²) in [5.74, 6) is -0.521. The van der Waals surface area contributed by atoms with Gasteiger partial charge in [-0.05, 0) is 25.8 Å². The molecule has 2 N–H and O–H groups in total. The lowest BCUT2D eigenvalue weighted by Gasteiger charge is -2.40. The fourth-order valence-electron chi connectivity index (χ4n) is 3.02. The van der Waals surface area contributed by atoms with Crippen LogP contribution in [0.5, 0.6) is 0 Å². The standard InChI is InChI=1S/C18H25FN2O/c1-5-16(15-7-12(2)6-13(3)8-15)21-17(22)9-18(14(4)19)10-20-11-18/h6-8,16,20H,4-5,9-11H2,1-3H3,(H,21,22). The fraction of sp³-hybridized carbons (Fsp3) is 0.500. The maximum absolute atomic E-state index is 13.6. The van der Waals surface area contributed by atoms with Gasteiger partial charge in [0.15, 0.2) is 0 Å². The molecule has 0 aromatic heterocycles. The van der Waals surface area contributed by atoms with E-state index >= 15 is 0 Å². The number of amides is 1. The van der Waals surface area contributed by atoms with E-state index in [4.69, 9.17) is 0 Å². The summed E-state index contributed by atoms with van der Waals surface area (Å²) < 4.78 is 13.6. The first kappa shape index (κ1) is 16.7. The lowest BCUT2D eigenvalue weighted by atomic mass is 9.77. The predicted octanol–water partition coefficient (Wildman–Crippen LogP) is 3.33.